The van der Waals surface area contributed by atoms with E-state index in [-0.39, 0.29) is 24.1 Å². The fourth-order valence-electron chi connectivity index (χ4n) is 2.95. The second-order valence-electron chi connectivity index (χ2n) is 5.75. The van der Waals surface area contributed by atoms with Crippen molar-refractivity contribution in [3.63, 3.8) is 0 Å². The molecule has 7 nitrogen and oxygen atoms in total. The molecule has 2 heterocycles. The number of carbonyl (C=O) groups is 2. The molecule has 2 aromatic rings. The second-order valence-corrected chi connectivity index (χ2v) is 5.75. The highest BCUT2D eigenvalue weighted by atomic mass is 16.5. The van der Waals surface area contributed by atoms with Crippen molar-refractivity contribution >= 4 is 11.9 Å². The van der Waals surface area contributed by atoms with Crippen molar-refractivity contribution in [1.82, 2.24) is 10.1 Å². The highest BCUT2D eigenvalue weighted by Gasteiger charge is 2.37. The standard InChI is InChI=1S/C17H18N2O5/c1-23-13-7-12(8-16(20)21)19(10-13)17(22)14-9-15(24-18-14)11-5-3-2-4-6-11/h2-6,9,12-13H,7-8,10H2,1H3,(H,20,21). The van der Waals surface area contributed by atoms with E-state index >= 15 is 0 Å². The lowest BCUT2D eigenvalue weighted by molar-refractivity contribution is -0.138. The summed E-state index contributed by atoms with van der Waals surface area (Å²) >= 11 is 0. The van der Waals surface area contributed by atoms with Crippen LogP contribution in [0.25, 0.3) is 11.3 Å². The summed E-state index contributed by atoms with van der Waals surface area (Å²) in [6.45, 7) is 0.348. The first-order chi connectivity index (χ1) is 11.6. The van der Waals surface area contributed by atoms with Gasteiger partial charge in [-0.3, -0.25) is 9.59 Å². The maximum absolute atomic E-state index is 12.7. The quantitative estimate of drug-likeness (QED) is 0.902. The molecule has 0 radical (unpaired) electrons. The number of hydrogen-bond donors (Lipinski definition) is 1. The Kier molecular flexibility index (Phi) is 4.61. The molecule has 7 heteroatoms. The lowest BCUT2D eigenvalue weighted by Gasteiger charge is -2.21. The number of nitrogens with zero attached hydrogens (tertiary/aromatic N) is 2. The van der Waals surface area contributed by atoms with Gasteiger partial charge in [-0.15, -0.1) is 0 Å². The zero-order valence-electron chi connectivity index (χ0n) is 13.2. The number of hydrogen-bond acceptors (Lipinski definition) is 5. The molecule has 1 aliphatic heterocycles. The van der Waals surface area contributed by atoms with Crippen LogP contribution in [0, 0.1) is 0 Å². The van der Waals surface area contributed by atoms with Crippen LogP contribution in [0.1, 0.15) is 23.3 Å². The minimum absolute atomic E-state index is 0.116. The smallest absolute Gasteiger partial charge is 0.305 e. The van der Waals surface area contributed by atoms with Gasteiger partial charge in [-0.2, -0.15) is 0 Å². The highest BCUT2D eigenvalue weighted by Crippen LogP contribution is 2.26. The molecule has 1 fully saturated rings. The Balaban J connectivity index is 1.80. The van der Waals surface area contributed by atoms with Crippen LogP contribution in [0.4, 0.5) is 0 Å². The fourth-order valence-corrected chi connectivity index (χ4v) is 2.95. The summed E-state index contributed by atoms with van der Waals surface area (Å²) in [6, 6.07) is 10.5. The van der Waals surface area contributed by atoms with Crippen molar-refractivity contribution in [3.8, 4) is 11.3 Å². The Hall–Kier alpha value is -2.67. The van der Waals surface area contributed by atoms with Crippen LogP contribution in [-0.2, 0) is 9.53 Å². The number of benzene rings is 1. The predicted molar refractivity (Wildman–Crippen MR) is 84.4 cm³/mol. The van der Waals surface area contributed by atoms with Crippen molar-refractivity contribution in [3.05, 3.63) is 42.1 Å². The molecule has 1 aromatic carbocycles. The van der Waals surface area contributed by atoms with E-state index < -0.39 is 12.0 Å². The number of methoxy groups -OCH3 is 1. The molecule has 1 aliphatic rings. The molecule has 24 heavy (non-hydrogen) atoms. The van der Waals surface area contributed by atoms with E-state index in [1.54, 1.807) is 13.2 Å². The number of rotatable bonds is 5. The van der Waals surface area contributed by atoms with E-state index in [1.807, 2.05) is 30.3 Å². The molecule has 0 bridgehead atoms. The van der Waals surface area contributed by atoms with Crippen LogP contribution in [0.15, 0.2) is 40.9 Å². The van der Waals surface area contributed by atoms with Gasteiger partial charge in [0.15, 0.2) is 11.5 Å². The summed E-state index contributed by atoms with van der Waals surface area (Å²) < 4.78 is 10.5. The van der Waals surface area contributed by atoms with Crippen molar-refractivity contribution in [2.24, 2.45) is 0 Å². The molecule has 1 aromatic heterocycles. The summed E-state index contributed by atoms with van der Waals surface area (Å²) in [6.07, 6.45) is 0.214. The van der Waals surface area contributed by atoms with E-state index in [4.69, 9.17) is 14.4 Å². The third kappa shape index (κ3) is 3.30. The van der Waals surface area contributed by atoms with Gasteiger partial charge in [0, 0.05) is 31.3 Å². The van der Waals surface area contributed by atoms with Gasteiger partial charge >= 0.3 is 5.97 Å². The van der Waals surface area contributed by atoms with Gasteiger partial charge in [-0.25, -0.2) is 0 Å². The molecule has 2 atom stereocenters. The number of carboxylic acids is 1. The zero-order chi connectivity index (χ0) is 17.1. The zero-order valence-corrected chi connectivity index (χ0v) is 13.2. The second kappa shape index (κ2) is 6.84. The lowest BCUT2D eigenvalue weighted by Crippen LogP contribution is -2.37. The molecular formula is C17H18N2O5. The molecular weight excluding hydrogens is 312 g/mol. The van der Waals surface area contributed by atoms with Crippen LogP contribution in [0.5, 0.6) is 0 Å². The van der Waals surface area contributed by atoms with Crippen molar-refractivity contribution < 1.29 is 24.0 Å². The summed E-state index contributed by atoms with van der Waals surface area (Å²) in [5.41, 5.74) is 0.989. The molecule has 0 saturated carbocycles. The summed E-state index contributed by atoms with van der Waals surface area (Å²) in [5, 5.41) is 12.9. The average Bonchev–Trinajstić information content (AvgIpc) is 3.21. The number of likely N-dealkylation sites (tertiary alicyclic amines) is 1. The van der Waals surface area contributed by atoms with Gasteiger partial charge in [0.05, 0.1) is 12.5 Å². The number of ether oxygens (including phenoxy) is 1. The maximum Gasteiger partial charge on any atom is 0.305 e. The van der Waals surface area contributed by atoms with E-state index in [9.17, 15) is 9.59 Å². The van der Waals surface area contributed by atoms with Gasteiger partial charge in [-0.05, 0) is 6.42 Å². The first-order valence-electron chi connectivity index (χ1n) is 7.66. The van der Waals surface area contributed by atoms with Gasteiger partial charge in [-0.1, -0.05) is 35.5 Å². The number of amides is 1. The van der Waals surface area contributed by atoms with E-state index in [2.05, 4.69) is 5.16 Å². The molecule has 0 spiro atoms. The molecule has 2 unspecified atom stereocenters. The van der Waals surface area contributed by atoms with Crippen LogP contribution in [-0.4, -0.2) is 52.8 Å². The van der Waals surface area contributed by atoms with Gasteiger partial charge < -0.3 is 19.3 Å². The Morgan fingerprint density at radius 2 is 2.12 bits per heavy atom. The van der Waals surface area contributed by atoms with Gasteiger partial charge in [0.2, 0.25) is 0 Å². The molecule has 3 rings (SSSR count). The van der Waals surface area contributed by atoms with Gasteiger partial charge in [0.25, 0.3) is 5.91 Å². The van der Waals surface area contributed by atoms with Crippen LogP contribution >= 0.6 is 0 Å². The Morgan fingerprint density at radius 1 is 1.38 bits per heavy atom. The number of aromatic nitrogens is 1. The molecule has 1 N–H and O–H groups in total. The molecule has 126 valence electrons. The lowest BCUT2D eigenvalue weighted by atomic mass is 10.1. The first kappa shape index (κ1) is 16.2. The van der Waals surface area contributed by atoms with Crippen molar-refractivity contribution in [1.29, 1.82) is 0 Å². The topological polar surface area (TPSA) is 92.9 Å². The largest absolute Gasteiger partial charge is 0.481 e. The Morgan fingerprint density at radius 3 is 2.79 bits per heavy atom. The number of carboxylic acid groups (broad SMARTS) is 1. The highest BCUT2D eigenvalue weighted by molar-refractivity contribution is 5.93. The summed E-state index contributed by atoms with van der Waals surface area (Å²) in [4.78, 5) is 25.2. The van der Waals surface area contributed by atoms with E-state index in [0.717, 1.165) is 5.56 Å². The Labute approximate surface area is 138 Å². The molecule has 0 aliphatic carbocycles. The predicted octanol–water partition coefficient (Wildman–Crippen LogP) is 2.05. The summed E-state index contributed by atoms with van der Waals surface area (Å²) in [5.74, 6) is -0.789. The average molecular weight is 330 g/mol. The number of aliphatic carboxylic acids is 1. The minimum atomic E-state index is -0.945. The normalized spacial score (nSPS) is 20.3. The van der Waals surface area contributed by atoms with Crippen LogP contribution in [0.2, 0.25) is 0 Å². The first-order valence-corrected chi connectivity index (χ1v) is 7.66. The third-order valence-corrected chi connectivity index (χ3v) is 4.17. The third-order valence-electron chi connectivity index (χ3n) is 4.17. The fraction of sp³-hybridized carbons (Fsp3) is 0.353. The van der Waals surface area contributed by atoms with Crippen molar-refractivity contribution in [2.75, 3.05) is 13.7 Å². The van der Waals surface area contributed by atoms with Crippen LogP contribution < -0.4 is 0 Å². The minimum Gasteiger partial charge on any atom is -0.481 e. The van der Waals surface area contributed by atoms with Crippen LogP contribution in [0.3, 0.4) is 0 Å². The summed E-state index contributed by atoms with van der Waals surface area (Å²) in [7, 11) is 1.56. The molecule has 1 amide bonds. The van der Waals surface area contributed by atoms with E-state index in [0.29, 0.717) is 18.7 Å². The molecule has 1 saturated heterocycles. The van der Waals surface area contributed by atoms with Crippen molar-refractivity contribution in [2.45, 2.75) is 25.0 Å². The Bertz CT molecular complexity index is 728. The van der Waals surface area contributed by atoms with Gasteiger partial charge in [0.1, 0.15) is 0 Å². The monoisotopic (exact) mass is 330 g/mol. The van der Waals surface area contributed by atoms with E-state index in [1.165, 1.54) is 4.90 Å². The maximum atomic E-state index is 12.7. The number of carbonyl (C=O) groups excluding carboxylic acids is 1. The SMILES string of the molecule is COC1CC(CC(=O)O)N(C(=O)c2cc(-c3ccccc3)on2)C1.